The van der Waals surface area contributed by atoms with Crippen molar-refractivity contribution >= 4 is 45.6 Å². The third kappa shape index (κ3) is 3.20. The minimum atomic E-state index is 0. The summed E-state index contributed by atoms with van der Waals surface area (Å²) in [7, 11) is 0. The molecule has 1 unspecified atom stereocenters. The van der Waals surface area contributed by atoms with Crippen LogP contribution in [0.2, 0.25) is 0 Å². The van der Waals surface area contributed by atoms with Gasteiger partial charge in [0, 0.05) is 35.5 Å². The molecule has 90 valence electrons. The highest BCUT2D eigenvalue weighted by Crippen LogP contribution is 2.21. The molecule has 1 N–H and O–H groups in total. The average molecular weight is 326 g/mol. The molecule has 1 aliphatic heterocycles. The van der Waals surface area contributed by atoms with Crippen LogP contribution in [0.3, 0.4) is 0 Å². The van der Waals surface area contributed by atoms with Crippen molar-refractivity contribution in [1.29, 1.82) is 0 Å². The van der Waals surface area contributed by atoms with Crippen LogP contribution >= 0.6 is 39.7 Å². The summed E-state index contributed by atoms with van der Waals surface area (Å²) in [5.74, 6) is 0.152. The summed E-state index contributed by atoms with van der Waals surface area (Å²) in [6.45, 7) is 4.59. The predicted octanol–water partition coefficient (Wildman–Crippen LogP) is 2.37. The summed E-state index contributed by atoms with van der Waals surface area (Å²) in [5.41, 5.74) is 0. The van der Waals surface area contributed by atoms with Gasteiger partial charge in [-0.25, -0.2) is 0 Å². The van der Waals surface area contributed by atoms with Crippen LogP contribution in [-0.2, 0) is 0 Å². The molecule has 0 radical (unpaired) electrons. The van der Waals surface area contributed by atoms with E-state index in [0.717, 1.165) is 29.0 Å². The Balaban J connectivity index is 0.00000128. The molecular formula is C10H14BrClN2OS. The van der Waals surface area contributed by atoms with Crippen LogP contribution in [0, 0.1) is 0 Å². The van der Waals surface area contributed by atoms with Crippen molar-refractivity contribution in [3.05, 3.63) is 20.8 Å². The average Bonchev–Trinajstić information content (AvgIpc) is 2.64. The predicted molar refractivity (Wildman–Crippen MR) is 72.6 cm³/mol. The topological polar surface area (TPSA) is 32.3 Å². The number of nitrogens with zero attached hydrogens (tertiary/aromatic N) is 1. The van der Waals surface area contributed by atoms with Crippen LogP contribution in [0.1, 0.15) is 16.6 Å². The minimum Gasteiger partial charge on any atom is -0.335 e. The third-order valence-corrected chi connectivity index (χ3v) is 4.11. The van der Waals surface area contributed by atoms with Gasteiger partial charge in [0.15, 0.2) is 0 Å². The zero-order chi connectivity index (χ0) is 10.8. The van der Waals surface area contributed by atoms with Gasteiger partial charge in [-0.15, -0.1) is 23.7 Å². The molecule has 0 bridgehead atoms. The van der Waals surface area contributed by atoms with Gasteiger partial charge in [-0.05, 0) is 28.9 Å². The van der Waals surface area contributed by atoms with Crippen LogP contribution in [-0.4, -0.2) is 36.5 Å². The summed E-state index contributed by atoms with van der Waals surface area (Å²) < 4.78 is 0.985. The lowest BCUT2D eigenvalue weighted by Gasteiger charge is -2.31. The quantitative estimate of drug-likeness (QED) is 0.860. The molecule has 1 amide bonds. The van der Waals surface area contributed by atoms with Gasteiger partial charge in [0.2, 0.25) is 0 Å². The van der Waals surface area contributed by atoms with E-state index in [2.05, 4.69) is 28.2 Å². The van der Waals surface area contributed by atoms with E-state index in [1.54, 1.807) is 0 Å². The van der Waals surface area contributed by atoms with Gasteiger partial charge in [0.05, 0.1) is 4.88 Å². The largest absolute Gasteiger partial charge is 0.335 e. The molecule has 1 aliphatic rings. The number of piperazine rings is 1. The summed E-state index contributed by atoms with van der Waals surface area (Å²) in [6, 6.07) is 2.28. The fraction of sp³-hybridized carbons (Fsp3) is 0.500. The summed E-state index contributed by atoms with van der Waals surface area (Å²) in [5, 5.41) is 5.27. The van der Waals surface area contributed by atoms with Crippen molar-refractivity contribution in [3.8, 4) is 0 Å². The normalized spacial score (nSPS) is 20.4. The molecule has 2 rings (SSSR count). The summed E-state index contributed by atoms with van der Waals surface area (Å²) in [6.07, 6.45) is 0. The molecule has 6 heteroatoms. The molecule has 1 fully saturated rings. The molecule has 1 aromatic rings. The Kier molecular flexibility index (Phi) is 5.24. The van der Waals surface area contributed by atoms with Gasteiger partial charge in [-0.1, -0.05) is 0 Å². The van der Waals surface area contributed by atoms with E-state index in [1.165, 1.54) is 11.3 Å². The van der Waals surface area contributed by atoms with Gasteiger partial charge in [-0.3, -0.25) is 4.79 Å². The maximum Gasteiger partial charge on any atom is 0.264 e. The lowest BCUT2D eigenvalue weighted by atomic mass is 10.2. The van der Waals surface area contributed by atoms with Gasteiger partial charge in [-0.2, -0.15) is 0 Å². The van der Waals surface area contributed by atoms with Crippen LogP contribution in [0.15, 0.2) is 15.9 Å². The number of hydrogen-bond donors (Lipinski definition) is 1. The number of carbonyl (C=O) groups excluding carboxylic acids is 1. The van der Waals surface area contributed by atoms with Crippen LogP contribution in [0.5, 0.6) is 0 Å². The second kappa shape index (κ2) is 6.00. The van der Waals surface area contributed by atoms with Crippen LogP contribution in [0.25, 0.3) is 0 Å². The number of hydrogen-bond acceptors (Lipinski definition) is 3. The van der Waals surface area contributed by atoms with Crippen molar-refractivity contribution in [1.82, 2.24) is 10.2 Å². The first-order chi connectivity index (χ1) is 7.16. The van der Waals surface area contributed by atoms with E-state index in [0.29, 0.717) is 6.04 Å². The maximum absolute atomic E-state index is 12.0. The molecule has 0 aromatic carbocycles. The second-order valence-corrected chi connectivity index (χ2v) is 5.56. The van der Waals surface area contributed by atoms with Gasteiger partial charge in [0.1, 0.15) is 0 Å². The number of rotatable bonds is 1. The Bertz CT molecular complexity index is 371. The minimum absolute atomic E-state index is 0. The zero-order valence-electron chi connectivity index (χ0n) is 8.90. The van der Waals surface area contributed by atoms with Crippen LogP contribution < -0.4 is 5.32 Å². The monoisotopic (exact) mass is 324 g/mol. The Morgan fingerprint density at radius 3 is 3.00 bits per heavy atom. The van der Waals surface area contributed by atoms with E-state index in [1.807, 2.05) is 16.3 Å². The number of nitrogens with one attached hydrogen (secondary N) is 1. The van der Waals surface area contributed by atoms with Crippen molar-refractivity contribution < 1.29 is 4.79 Å². The van der Waals surface area contributed by atoms with Crippen LogP contribution in [0.4, 0.5) is 0 Å². The first-order valence-corrected chi connectivity index (χ1v) is 6.61. The fourth-order valence-corrected chi connectivity index (χ4v) is 3.09. The van der Waals surface area contributed by atoms with Crippen molar-refractivity contribution in [2.75, 3.05) is 19.6 Å². The molecule has 3 nitrogen and oxygen atoms in total. The fourth-order valence-electron chi connectivity index (χ4n) is 1.70. The van der Waals surface area contributed by atoms with Gasteiger partial charge < -0.3 is 10.2 Å². The SMILES string of the molecule is CC1CN(C(=O)c2cc(Br)cs2)CCN1.Cl. The third-order valence-electron chi connectivity index (χ3n) is 2.43. The van der Waals surface area contributed by atoms with Gasteiger partial charge >= 0.3 is 0 Å². The Morgan fingerprint density at radius 2 is 2.44 bits per heavy atom. The van der Waals surface area contributed by atoms with Crippen molar-refractivity contribution in [2.24, 2.45) is 0 Å². The van der Waals surface area contributed by atoms with E-state index in [4.69, 9.17) is 0 Å². The Labute approximate surface area is 114 Å². The molecule has 2 heterocycles. The molecule has 1 saturated heterocycles. The first kappa shape index (κ1) is 14.0. The summed E-state index contributed by atoms with van der Waals surface area (Å²) >= 11 is 4.86. The Morgan fingerprint density at radius 1 is 1.69 bits per heavy atom. The van der Waals surface area contributed by atoms with E-state index in [-0.39, 0.29) is 18.3 Å². The highest BCUT2D eigenvalue weighted by Gasteiger charge is 2.22. The maximum atomic E-state index is 12.0. The molecule has 16 heavy (non-hydrogen) atoms. The number of carbonyl (C=O) groups is 1. The molecule has 0 spiro atoms. The number of thiophene rings is 1. The molecule has 1 aromatic heterocycles. The zero-order valence-corrected chi connectivity index (χ0v) is 12.1. The standard InChI is InChI=1S/C10H13BrN2OS.ClH/c1-7-5-13(3-2-12-7)10(14)9-4-8(11)6-15-9;/h4,6-7,12H,2-3,5H2,1H3;1H. The van der Waals surface area contributed by atoms with Gasteiger partial charge in [0.25, 0.3) is 5.91 Å². The lowest BCUT2D eigenvalue weighted by Crippen LogP contribution is -2.51. The number of amides is 1. The highest BCUT2D eigenvalue weighted by atomic mass is 79.9. The Hall–Kier alpha value is -0.100. The van der Waals surface area contributed by atoms with E-state index in [9.17, 15) is 4.79 Å². The second-order valence-electron chi connectivity index (χ2n) is 3.74. The molecule has 0 saturated carbocycles. The molecule has 1 atom stereocenters. The lowest BCUT2D eigenvalue weighted by molar-refractivity contribution is 0.0714. The highest BCUT2D eigenvalue weighted by molar-refractivity contribution is 9.10. The first-order valence-electron chi connectivity index (χ1n) is 4.93. The van der Waals surface area contributed by atoms with E-state index < -0.39 is 0 Å². The molecule has 0 aliphatic carbocycles. The van der Waals surface area contributed by atoms with Crippen molar-refractivity contribution in [2.45, 2.75) is 13.0 Å². The molecular weight excluding hydrogens is 312 g/mol. The summed E-state index contributed by atoms with van der Waals surface area (Å²) in [4.78, 5) is 14.8. The van der Waals surface area contributed by atoms with Crippen molar-refractivity contribution in [3.63, 3.8) is 0 Å². The number of halogens is 2. The smallest absolute Gasteiger partial charge is 0.264 e. The van der Waals surface area contributed by atoms with E-state index >= 15 is 0 Å².